The van der Waals surface area contributed by atoms with E-state index in [2.05, 4.69) is 22.2 Å². The average Bonchev–Trinajstić information content (AvgIpc) is 3.23. The number of rotatable bonds is 5. The summed E-state index contributed by atoms with van der Waals surface area (Å²) in [5.74, 6) is -0.546. The van der Waals surface area contributed by atoms with Crippen molar-refractivity contribution in [3.8, 4) is 11.3 Å². The number of benzene rings is 1. The number of halogens is 1. The second-order valence-electron chi connectivity index (χ2n) is 9.89. The summed E-state index contributed by atoms with van der Waals surface area (Å²) in [6, 6.07) is 9.60. The first-order valence-electron chi connectivity index (χ1n) is 12.2. The Labute approximate surface area is 202 Å². The van der Waals surface area contributed by atoms with Crippen molar-refractivity contribution in [1.82, 2.24) is 24.4 Å². The summed E-state index contributed by atoms with van der Waals surface area (Å²) in [7, 11) is 3.12. The van der Waals surface area contributed by atoms with Gasteiger partial charge in [0.15, 0.2) is 11.3 Å². The smallest absolute Gasteiger partial charge is 0.274 e. The van der Waals surface area contributed by atoms with Gasteiger partial charge in [-0.25, -0.2) is 0 Å². The molecule has 1 aromatic carbocycles. The minimum atomic E-state index is -0.500. The quantitative estimate of drug-likeness (QED) is 0.607. The molecule has 1 N–H and O–H groups in total. The summed E-state index contributed by atoms with van der Waals surface area (Å²) in [6.45, 7) is 0.0451. The molecule has 3 aromatic rings. The lowest BCUT2D eigenvalue weighted by Crippen LogP contribution is -2.51. The third-order valence-electron chi connectivity index (χ3n) is 7.20. The number of nitrogens with one attached hydrogen (secondary N) is 1. The van der Waals surface area contributed by atoms with Crippen LogP contribution < -0.4 is 5.56 Å². The van der Waals surface area contributed by atoms with Crippen LogP contribution in [0.4, 0.5) is 4.39 Å². The van der Waals surface area contributed by atoms with E-state index < -0.39 is 24.0 Å². The van der Waals surface area contributed by atoms with E-state index in [1.807, 2.05) is 12.1 Å². The molecule has 0 bridgehead atoms. The van der Waals surface area contributed by atoms with Crippen LogP contribution >= 0.6 is 0 Å². The zero-order valence-corrected chi connectivity index (χ0v) is 20.1. The highest BCUT2D eigenvalue weighted by atomic mass is 19.1. The Balaban J connectivity index is 1.56. The van der Waals surface area contributed by atoms with Gasteiger partial charge < -0.3 is 14.8 Å². The molecule has 3 heterocycles. The Morgan fingerprint density at radius 3 is 2.43 bits per heavy atom. The highest BCUT2D eigenvalue weighted by Gasteiger charge is 2.36. The summed E-state index contributed by atoms with van der Waals surface area (Å²) >= 11 is 0. The molecule has 0 unspecified atom stereocenters. The van der Waals surface area contributed by atoms with Crippen LogP contribution in [-0.4, -0.2) is 70.1 Å². The number of likely N-dealkylation sites (tertiary alicyclic amines) is 1. The summed E-state index contributed by atoms with van der Waals surface area (Å²) < 4.78 is 14.0. The molecule has 1 saturated carbocycles. The van der Waals surface area contributed by atoms with Crippen molar-refractivity contribution >= 4 is 17.5 Å². The van der Waals surface area contributed by atoms with E-state index >= 15 is 0 Å². The number of carbonyl (C=O) groups excluding carboxylic acids is 2. The molecule has 2 amide bonds. The van der Waals surface area contributed by atoms with Crippen molar-refractivity contribution in [2.45, 2.75) is 38.0 Å². The fourth-order valence-corrected chi connectivity index (χ4v) is 5.12. The highest BCUT2D eigenvalue weighted by molar-refractivity contribution is 6.10. The normalized spacial score (nSPS) is 16.9. The molecule has 0 spiro atoms. The van der Waals surface area contributed by atoms with Crippen LogP contribution in [-0.2, 0) is 0 Å². The number of hydrogen-bond acceptors (Lipinski definition) is 4. The number of aromatic amines is 1. The van der Waals surface area contributed by atoms with E-state index in [1.165, 1.54) is 53.5 Å². The molecule has 1 aliphatic heterocycles. The Hall–Kier alpha value is -3.49. The van der Waals surface area contributed by atoms with E-state index in [-0.39, 0.29) is 35.9 Å². The molecule has 8 nitrogen and oxygen atoms in total. The maximum atomic E-state index is 13.3. The topological polar surface area (TPSA) is 90.8 Å². The van der Waals surface area contributed by atoms with Crippen LogP contribution in [0.15, 0.2) is 35.1 Å². The van der Waals surface area contributed by atoms with E-state index in [4.69, 9.17) is 0 Å². The first-order valence-corrected chi connectivity index (χ1v) is 12.2. The number of aromatic nitrogens is 3. The first-order chi connectivity index (χ1) is 16.9. The summed E-state index contributed by atoms with van der Waals surface area (Å²) in [5, 5.41) is 4.20. The van der Waals surface area contributed by atoms with Crippen molar-refractivity contribution in [2.24, 2.45) is 5.92 Å². The predicted molar refractivity (Wildman–Crippen MR) is 130 cm³/mol. The van der Waals surface area contributed by atoms with E-state index in [1.54, 1.807) is 14.1 Å². The van der Waals surface area contributed by atoms with Gasteiger partial charge >= 0.3 is 0 Å². The molecule has 2 aliphatic rings. The van der Waals surface area contributed by atoms with Crippen LogP contribution in [0.1, 0.15) is 64.4 Å². The van der Waals surface area contributed by atoms with E-state index in [0.29, 0.717) is 11.6 Å². The lowest BCUT2D eigenvalue weighted by molar-refractivity contribution is 0.0450. The maximum absolute atomic E-state index is 13.3. The van der Waals surface area contributed by atoms with Gasteiger partial charge in [0.25, 0.3) is 17.4 Å². The van der Waals surface area contributed by atoms with Gasteiger partial charge in [-0.1, -0.05) is 43.5 Å². The van der Waals surface area contributed by atoms with Crippen LogP contribution in [0.5, 0.6) is 0 Å². The van der Waals surface area contributed by atoms with Gasteiger partial charge in [-0.05, 0) is 29.9 Å². The molecule has 2 aromatic heterocycles. The van der Waals surface area contributed by atoms with E-state index in [0.717, 1.165) is 10.1 Å². The van der Waals surface area contributed by atoms with Gasteiger partial charge in [-0.15, -0.1) is 0 Å². The number of hydrogen-bond donors (Lipinski definition) is 1. The van der Waals surface area contributed by atoms with Crippen molar-refractivity contribution in [2.75, 3.05) is 33.9 Å². The monoisotopic (exact) mass is 479 g/mol. The number of carbonyl (C=O) groups is 2. The Morgan fingerprint density at radius 1 is 1.11 bits per heavy atom. The van der Waals surface area contributed by atoms with Crippen molar-refractivity contribution in [1.29, 1.82) is 0 Å². The predicted octanol–water partition coefficient (Wildman–Crippen LogP) is 3.48. The standard InChI is InChI=1S/C26H30FN5O3/c1-30(2)26(35)23-22(25(34)31-14-16(13-27)15-31)24-28-20(12-21(33)32(24)29-23)19-10-8-18(9-11-19)17-6-4-3-5-7-17/h8-12,16-17,28H,3-7,13-15H2,1-2H3. The van der Waals surface area contributed by atoms with Crippen molar-refractivity contribution in [3.63, 3.8) is 0 Å². The Kier molecular flexibility index (Phi) is 6.17. The molecule has 9 heteroatoms. The van der Waals surface area contributed by atoms with Gasteiger partial charge in [0, 0.05) is 39.2 Å². The Bertz CT molecular complexity index is 1320. The van der Waals surface area contributed by atoms with Gasteiger partial charge in [0.1, 0.15) is 5.56 Å². The van der Waals surface area contributed by atoms with Crippen molar-refractivity contribution < 1.29 is 14.0 Å². The molecule has 0 atom stereocenters. The largest absolute Gasteiger partial charge is 0.343 e. The van der Waals surface area contributed by atoms with Crippen LogP contribution in [0.3, 0.4) is 0 Å². The zero-order valence-electron chi connectivity index (χ0n) is 20.1. The number of alkyl halides is 1. The van der Waals surface area contributed by atoms with Gasteiger partial charge in [-0.2, -0.15) is 9.61 Å². The van der Waals surface area contributed by atoms with Gasteiger partial charge in [0.05, 0.1) is 12.4 Å². The molecule has 0 radical (unpaired) electrons. The second kappa shape index (κ2) is 9.28. The summed E-state index contributed by atoms with van der Waals surface area (Å²) in [4.78, 5) is 45.2. The molecular formula is C26H30FN5O3. The van der Waals surface area contributed by atoms with Crippen LogP contribution in [0, 0.1) is 5.92 Å². The third-order valence-corrected chi connectivity index (χ3v) is 7.20. The molecule has 1 saturated heterocycles. The second-order valence-corrected chi connectivity index (χ2v) is 9.89. The molecule has 5 rings (SSSR count). The SMILES string of the molecule is CN(C)C(=O)c1nn2c(=O)cc(-c3ccc(C4CCCCC4)cc3)[nH]c2c1C(=O)N1CC(CF)C1. The number of amides is 2. The fraction of sp³-hybridized carbons (Fsp3) is 0.462. The highest BCUT2D eigenvalue weighted by Crippen LogP contribution is 2.33. The molecular weight excluding hydrogens is 449 g/mol. The van der Waals surface area contributed by atoms with Crippen molar-refractivity contribution in [3.05, 3.63) is 57.5 Å². The average molecular weight is 480 g/mol. The lowest BCUT2D eigenvalue weighted by Gasteiger charge is -2.37. The Morgan fingerprint density at radius 2 is 1.80 bits per heavy atom. The minimum absolute atomic E-state index is 0.0405. The molecule has 1 aliphatic carbocycles. The maximum Gasteiger partial charge on any atom is 0.274 e. The minimum Gasteiger partial charge on any atom is -0.343 e. The fourth-order valence-electron chi connectivity index (χ4n) is 5.12. The third kappa shape index (κ3) is 4.24. The number of fused-ring (bicyclic) bond motifs is 1. The van der Waals surface area contributed by atoms with E-state index in [9.17, 15) is 18.8 Å². The molecule has 184 valence electrons. The van der Waals surface area contributed by atoms with Gasteiger partial charge in [0.2, 0.25) is 0 Å². The zero-order chi connectivity index (χ0) is 24.7. The summed E-state index contributed by atoms with van der Waals surface area (Å²) in [5.41, 5.74) is 2.33. The van der Waals surface area contributed by atoms with Crippen LogP contribution in [0.25, 0.3) is 16.9 Å². The first kappa shape index (κ1) is 23.3. The van der Waals surface area contributed by atoms with Gasteiger partial charge in [-0.3, -0.25) is 18.8 Å². The molecule has 35 heavy (non-hydrogen) atoms. The van der Waals surface area contributed by atoms with Crippen LogP contribution in [0.2, 0.25) is 0 Å². The summed E-state index contributed by atoms with van der Waals surface area (Å²) in [6.07, 6.45) is 6.21. The molecule has 2 fully saturated rings. The lowest BCUT2D eigenvalue weighted by atomic mass is 9.84. The number of H-pyrrole nitrogens is 1. The number of nitrogens with zero attached hydrogens (tertiary/aromatic N) is 4.